The number of hydrogen-bond donors (Lipinski definition) is 1. The van der Waals surface area contributed by atoms with Crippen molar-refractivity contribution in [2.45, 2.75) is 32.4 Å². The number of furan rings is 1. The predicted molar refractivity (Wildman–Crippen MR) is 91.9 cm³/mol. The summed E-state index contributed by atoms with van der Waals surface area (Å²) in [6, 6.07) is 10.1. The molecule has 2 amide bonds. The third kappa shape index (κ3) is 3.84. The molecule has 0 bridgehead atoms. The molecule has 1 aromatic heterocycles. The first-order chi connectivity index (χ1) is 12.2. The zero-order valence-corrected chi connectivity index (χ0v) is 14.2. The number of hydrogen-bond acceptors (Lipinski definition) is 4. The van der Waals surface area contributed by atoms with E-state index in [-0.39, 0.29) is 25.0 Å². The second-order valence-corrected chi connectivity index (χ2v) is 5.97. The lowest BCUT2D eigenvalue weighted by Gasteiger charge is -2.28. The molecule has 1 unspecified atom stereocenters. The maximum absolute atomic E-state index is 12.9. The summed E-state index contributed by atoms with van der Waals surface area (Å²) in [5, 5.41) is 2.93. The zero-order chi connectivity index (χ0) is 17.6. The van der Waals surface area contributed by atoms with Crippen LogP contribution < -0.4 is 10.1 Å². The maximum atomic E-state index is 12.9. The van der Waals surface area contributed by atoms with Gasteiger partial charge in [0.25, 0.3) is 5.91 Å². The van der Waals surface area contributed by atoms with Crippen LogP contribution in [-0.2, 0) is 16.1 Å². The molecular weight excluding hydrogens is 320 g/mol. The van der Waals surface area contributed by atoms with Crippen LogP contribution in [0.25, 0.3) is 0 Å². The number of amides is 2. The summed E-state index contributed by atoms with van der Waals surface area (Å²) in [5.41, 5.74) is 0.689. The molecule has 25 heavy (non-hydrogen) atoms. The van der Waals surface area contributed by atoms with Gasteiger partial charge in [0.1, 0.15) is 17.6 Å². The Balaban J connectivity index is 1.94. The van der Waals surface area contributed by atoms with E-state index in [1.165, 1.54) is 4.90 Å². The molecule has 1 N–H and O–H groups in total. The summed E-state index contributed by atoms with van der Waals surface area (Å²) in [6.07, 6.45) is 3.43. The van der Waals surface area contributed by atoms with Crippen molar-refractivity contribution in [3.05, 3.63) is 54.0 Å². The van der Waals surface area contributed by atoms with E-state index < -0.39 is 6.04 Å². The molecule has 1 aliphatic rings. The summed E-state index contributed by atoms with van der Waals surface area (Å²) < 4.78 is 11.0. The molecule has 6 heteroatoms. The van der Waals surface area contributed by atoms with Gasteiger partial charge >= 0.3 is 0 Å². The number of rotatable bonds is 6. The minimum Gasteiger partial charge on any atom is -0.483 e. The first-order valence-electron chi connectivity index (χ1n) is 8.52. The van der Waals surface area contributed by atoms with Crippen LogP contribution in [0.3, 0.4) is 0 Å². The van der Waals surface area contributed by atoms with Crippen molar-refractivity contribution in [2.24, 2.45) is 0 Å². The van der Waals surface area contributed by atoms with Crippen molar-refractivity contribution < 1.29 is 18.7 Å². The fourth-order valence-corrected chi connectivity index (χ4v) is 2.89. The molecule has 0 fully saturated rings. The van der Waals surface area contributed by atoms with Crippen molar-refractivity contribution in [1.29, 1.82) is 0 Å². The lowest BCUT2D eigenvalue weighted by molar-refractivity contribution is -0.142. The van der Waals surface area contributed by atoms with Crippen LogP contribution >= 0.6 is 0 Å². The second kappa shape index (κ2) is 7.88. The van der Waals surface area contributed by atoms with E-state index in [9.17, 15) is 9.59 Å². The van der Waals surface area contributed by atoms with Gasteiger partial charge in [-0.05, 0) is 24.6 Å². The highest BCUT2D eigenvalue weighted by atomic mass is 16.5. The highest BCUT2D eigenvalue weighted by molar-refractivity contribution is 5.90. The van der Waals surface area contributed by atoms with Gasteiger partial charge in [0.15, 0.2) is 6.61 Å². The lowest BCUT2D eigenvalue weighted by Crippen LogP contribution is -2.43. The van der Waals surface area contributed by atoms with Crippen LogP contribution in [-0.4, -0.2) is 29.9 Å². The van der Waals surface area contributed by atoms with Gasteiger partial charge in [-0.3, -0.25) is 9.59 Å². The van der Waals surface area contributed by atoms with Crippen LogP contribution in [0.15, 0.2) is 47.1 Å². The standard InChI is InChI=1S/C19H22N2O4/c1-2-3-10-20-19(23)18-15-8-4-5-9-16(15)25-13-17(22)21(18)12-14-7-6-11-24-14/h4-9,11,18H,2-3,10,12-13H2,1H3,(H,20,23). The summed E-state index contributed by atoms with van der Waals surface area (Å²) in [7, 11) is 0. The molecule has 0 saturated heterocycles. The van der Waals surface area contributed by atoms with Gasteiger partial charge < -0.3 is 19.4 Å². The van der Waals surface area contributed by atoms with E-state index in [0.29, 0.717) is 23.6 Å². The smallest absolute Gasteiger partial charge is 0.261 e. The number of fused-ring (bicyclic) bond motifs is 1. The number of carbonyl (C=O) groups excluding carboxylic acids is 2. The van der Waals surface area contributed by atoms with E-state index in [1.54, 1.807) is 24.5 Å². The van der Waals surface area contributed by atoms with E-state index in [4.69, 9.17) is 9.15 Å². The SMILES string of the molecule is CCCCNC(=O)C1c2ccccc2OCC(=O)N1Cc1ccco1. The number of benzene rings is 1. The van der Waals surface area contributed by atoms with E-state index >= 15 is 0 Å². The number of nitrogens with one attached hydrogen (secondary N) is 1. The lowest BCUT2D eigenvalue weighted by atomic mass is 10.0. The molecule has 0 radical (unpaired) electrons. The number of nitrogens with zero attached hydrogens (tertiary/aromatic N) is 1. The average Bonchev–Trinajstić information content (AvgIpc) is 3.08. The van der Waals surface area contributed by atoms with Gasteiger partial charge in [0, 0.05) is 12.1 Å². The fourth-order valence-electron chi connectivity index (χ4n) is 2.89. The summed E-state index contributed by atoms with van der Waals surface area (Å²) in [5.74, 6) is 0.738. The Morgan fingerprint density at radius 2 is 2.12 bits per heavy atom. The van der Waals surface area contributed by atoms with Crippen molar-refractivity contribution in [2.75, 3.05) is 13.2 Å². The minimum atomic E-state index is -0.742. The predicted octanol–water partition coefficient (Wildman–Crippen LogP) is 2.66. The fraction of sp³-hybridized carbons (Fsp3) is 0.368. The molecule has 0 spiro atoms. The first-order valence-corrected chi connectivity index (χ1v) is 8.52. The van der Waals surface area contributed by atoms with Crippen molar-refractivity contribution in [3.63, 3.8) is 0 Å². The average molecular weight is 342 g/mol. The number of para-hydroxylation sites is 1. The van der Waals surface area contributed by atoms with Gasteiger partial charge in [0.05, 0.1) is 12.8 Å². The topological polar surface area (TPSA) is 71.8 Å². The Morgan fingerprint density at radius 1 is 1.28 bits per heavy atom. The summed E-state index contributed by atoms with van der Waals surface area (Å²) >= 11 is 0. The van der Waals surface area contributed by atoms with Crippen molar-refractivity contribution >= 4 is 11.8 Å². The molecule has 132 valence electrons. The van der Waals surface area contributed by atoms with E-state index in [2.05, 4.69) is 12.2 Å². The molecule has 1 aromatic carbocycles. The largest absolute Gasteiger partial charge is 0.483 e. The van der Waals surface area contributed by atoms with Gasteiger partial charge in [0.2, 0.25) is 5.91 Å². The highest BCUT2D eigenvalue weighted by Gasteiger charge is 2.36. The van der Waals surface area contributed by atoms with Gasteiger partial charge in [-0.1, -0.05) is 31.5 Å². The zero-order valence-electron chi connectivity index (χ0n) is 14.2. The molecule has 0 saturated carbocycles. The van der Waals surface area contributed by atoms with Crippen LogP contribution in [0.2, 0.25) is 0 Å². The monoisotopic (exact) mass is 342 g/mol. The van der Waals surface area contributed by atoms with Crippen LogP contribution in [0.5, 0.6) is 5.75 Å². The molecule has 2 aromatic rings. The van der Waals surface area contributed by atoms with Crippen molar-refractivity contribution in [1.82, 2.24) is 10.2 Å². The Hall–Kier alpha value is -2.76. The van der Waals surface area contributed by atoms with Gasteiger partial charge in [-0.2, -0.15) is 0 Å². The maximum Gasteiger partial charge on any atom is 0.261 e. The number of ether oxygens (including phenoxy) is 1. The third-order valence-electron chi connectivity index (χ3n) is 4.18. The van der Waals surface area contributed by atoms with Crippen LogP contribution in [0.4, 0.5) is 0 Å². The Kier molecular flexibility index (Phi) is 5.38. The highest BCUT2D eigenvalue weighted by Crippen LogP contribution is 2.33. The van der Waals surface area contributed by atoms with Crippen LogP contribution in [0.1, 0.15) is 37.1 Å². The van der Waals surface area contributed by atoms with E-state index in [1.807, 2.05) is 18.2 Å². The summed E-state index contributed by atoms with van der Waals surface area (Å²) in [6.45, 7) is 2.76. The molecular formula is C19H22N2O4. The van der Waals surface area contributed by atoms with Crippen LogP contribution in [0, 0.1) is 0 Å². The third-order valence-corrected chi connectivity index (χ3v) is 4.18. The van der Waals surface area contributed by atoms with Gasteiger partial charge in [-0.15, -0.1) is 0 Å². The molecule has 6 nitrogen and oxygen atoms in total. The Labute approximate surface area is 146 Å². The Bertz CT molecular complexity index is 727. The second-order valence-electron chi connectivity index (χ2n) is 5.97. The van der Waals surface area contributed by atoms with Crippen molar-refractivity contribution in [3.8, 4) is 5.75 Å². The van der Waals surface area contributed by atoms with Gasteiger partial charge in [-0.25, -0.2) is 0 Å². The number of unbranched alkanes of at least 4 members (excludes halogenated alkanes) is 1. The summed E-state index contributed by atoms with van der Waals surface area (Å²) in [4.78, 5) is 27.0. The molecule has 0 aliphatic carbocycles. The number of carbonyl (C=O) groups is 2. The minimum absolute atomic E-state index is 0.101. The first kappa shape index (κ1) is 17.1. The molecule has 1 atom stereocenters. The molecule has 1 aliphatic heterocycles. The van der Waals surface area contributed by atoms with E-state index in [0.717, 1.165) is 12.8 Å². The Morgan fingerprint density at radius 3 is 2.88 bits per heavy atom. The quantitative estimate of drug-likeness (QED) is 0.819. The molecule has 3 rings (SSSR count). The normalized spacial score (nSPS) is 16.8. The molecule has 2 heterocycles.